The summed E-state index contributed by atoms with van der Waals surface area (Å²) in [7, 11) is 0. The van der Waals surface area contributed by atoms with Crippen LogP contribution in [0.5, 0.6) is 0 Å². The van der Waals surface area contributed by atoms with Crippen molar-refractivity contribution in [2.75, 3.05) is 16.3 Å². The van der Waals surface area contributed by atoms with Gasteiger partial charge in [0, 0.05) is 11.4 Å². The third-order valence-corrected chi connectivity index (χ3v) is 6.12. The molecule has 1 aliphatic rings. The summed E-state index contributed by atoms with van der Waals surface area (Å²) in [6.45, 7) is 7.97. The monoisotopic (exact) mass is 424 g/mol. The van der Waals surface area contributed by atoms with E-state index in [0.29, 0.717) is 0 Å². The minimum atomic E-state index is -0.709. The van der Waals surface area contributed by atoms with E-state index in [0.717, 1.165) is 39.2 Å². The van der Waals surface area contributed by atoms with E-state index in [1.54, 1.807) is 9.80 Å². The van der Waals surface area contributed by atoms with Crippen LogP contribution >= 0.6 is 0 Å². The number of amides is 2. The normalized spacial score (nSPS) is 17.1. The highest BCUT2D eigenvalue weighted by Gasteiger charge is 2.42. The van der Waals surface area contributed by atoms with Crippen LogP contribution in [-0.2, 0) is 9.59 Å². The van der Waals surface area contributed by atoms with Crippen LogP contribution in [0.3, 0.4) is 0 Å². The quantitative estimate of drug-likeness (QED) is 0.558. The molecule has 0 spiro atoms. The Hall–Kier alpha value is -3.66. The number of carbonyl (C=O) groups excluding carboxylic acids is 2. The summed E-state index contributed by atoms with van der Waals surface area (Å²) >= 11 is 0. The van der Waals surface area contributed by atoms with Gasteiger partial charge in [0.05, 0.1) is 0 Å². The third-order valence-electron chi connectivity index (χ3n) is 6.12. The number of piperazine rings is 1. The molecule has 3 aromatic rings. The summed E-state index contributed by atoms with van der Waals surface area (Å²) in [5.41, 5.74) is 6.57. The highest BCUT2D eigenvalue weighted by atomic mass is 16.2. The minimum absolute atomic E-state index is 0.0200. The first-order valence-corrected chi connectivity index (χ1v) is 10.9. The number of carbonyl (C=O) groups is 2. The molecule has 0 radical (unpaired) electrons. The number of rotatable bonds is 4. The molecule has 0 aliphatic carbocycles. The molecule has 4 heteroatoms. The predicted octanol–water partition coefficient (Wildman–Crippen LogP) is 5.46. The van der Waals surface area contributed by atoms with E-state index < -0.39 is 6.04 Å². The lowest BCUT2D eigenvalue weighted by Gasteiger charge is -2.41. The molecule has 1 saturated heterocycles. The topological polar surface area (TPSA) is 40.6 Å². The zero-order valence-electron chi connectivity index (χ0n) is 19.0. The van der Waals surface area contributed by atoms with E-state index in [4.69, 9.17) is 0 Å². The number of hydrogen-bond acceptors (Lipinski definition) is 2. The van der Waals surface area contributed by atoms with Crippen LogP contribution in [0.25, 0.3) is 6.08 Å². The Morgan fingerprint density at radius 3 is 2.25 bits per heavy atom. The molecule has 3 aromatic carbocycles. The minimum Gasteiger partial charge on any atom is -0.301 e. The Labute approximate surface area is 189 Å². The highest BCUT2D eigenvalue weighted by Crippen LogP contribution is 2.32. The van der Waals surface area contributed by atoms with Crippen LogP contribution in [-0.4, -0.2) is 24.4 Å². The molecule has 1 atom stereocenters. The largest absolute Gasteiger partial charge is 0.301 e. The number of hydrogen-bond donors (Lipinski definition) is 0. The second-order valence-electron chi connectivity index (χ2n) is 8.44. The van der Waals surface area contributed by atoms with Gasteiger partial charge >= 0.3 is 0 Å². The van der Waals surface area contributed by atoms with Crippen molar-refractivity contribution in [1.29, 1.82) is 0 Å². The van der Waals surface area contributed by atoms with E-state index in [2.05, 4.69) is 0 Å². The number of benzene rings is 3. The van der Waals surface area contributed by atoms with Crippen LogP contribution in [0, 0.1) is 20.8 Å². The van der Waals surface area contributed by atoms with Crippen molar-refractivity contribution in [3.05, 3.63) is 101 Å². The molecule has 0 bridgehead atoms. The Morgan fingerprint density at radius 2 is 1.56 bits per heavy atom. The molecule has 0 N–H and O–H groups in total. The van der Waals surface area contributed by atoms with Crippen molar-refractivity contribution >= 4 is 29.3 Å². The fourth-order valence-electron chi connectivity index (χ4n) is 4.21. The van der Waals surface area contributed by atoms with Crippen molar-refractivity contribution in [3.63, 3.8) is 0 Å². The van der Waals surface area contributed by atoms with Crippen molar-refractivity contribution < 1.29 is 9.59 Å². The molecule has 0 saturated carbocycles. The van der Waals surface area contributed by atoms with Gasteiger partial charge in [-0.15, -0.1) is 0 Å². The molecule has 1 heterocycles. The van der Waals surface area contributed by atoms with Gasteiger partial charge in [-0.3, -0.25) is 14.5 Å². The molecule has 1 aliphatic heterocycles. The lowest BCUT2D eigenvalue weighted by Crippen LogP contribution is -2.61. The van der Waals surface area contributed by atoms with E-state index in [1.807, 2.05) is 107 Å². The first kappa shape index (κ1) is 21.6. The molecule has 1 unspecified atom stereocenters. The van der Waals surface area contributed by atoms with Crippen molar-refractivity contribution in [2.24, 2.45) is 0 Å². The molecular weight excluding hydrogens is 396 g/mol. The molecule has 4 rings (SSSR count). The summed E-state index contributed by atoms with van der Waals surface area (Å²) in [5.74, 6) is -0.191. The predicted molar refractivity (Wildman–Crippen MR) is 131 cm³/mol. The summed E-state index contributed by atoms with van der Waals surface area (Å²) in [5, 5.41) is 0. The molecule has 162 valence electrons. The van der Waals surface area contributed by atoms with Gasteiger partial charge in [-0.25, -0.2) is 0 Å². The van der Waals surface area contributed by atoms with Gasteiger partial charge in [0.2, 0.25) is 5.91 Å². The average Bonchev–Trinajstić information content (AvgIpc) is 2.78. The smallest absolute Gasteiger partial charge is 0.254 e. The fourth-order valence-corrected chi connectivity index (χ4v) is 4.21. The standard InChI is InChI=1S/C28H28N2O2/c1-19-13-15-24(16-14-19)30-26(31)18-29(25-12-8-9-20(2)22(25)4)28(32)27(30)21(3)17-23-10-6-5-7-11-23/h5-17,27H,18H2,1-4H3. The Kier molecular flexibility index (Phi) is 5.95. The zero-order chi connectivity index (χ0) is 22.8. The first-order chi connectivity index (χ1) is 15.4. The molecule has 4 nitrogen and oxygen atoms in total. The summed E-state index contributed by atoms with van der Waals surface area (Å²) in [6.07, 6.45) is 1.99. The van der Waals surface area contributed by atoms with Gasteiger partial charge in [0.25, 0.3) is 5.91 Å². The van der Waals surface area contributed by atoms with Gasteiger partial charge in [0.1, 0.15) is 12.6 Å². The first-order valence-electron chi connectivity index (χ1n) is 10.9. The zero-order valence-corrected chi connectivity index (χ0v) is 19.0. The van der Waals surface area contributed by atoms with Crippen molar-refractivity contribution in [2.45, 2.75) is 33.7 Å². The van der Waals surface area contributed by atoms with Gasteiger partial charge in [-0.1, -0.05) is 66.2 Å². The summed E-state index contributed by atoms with van der Waals surface area (Å²) in [4.78, 5) is 30.7. The van der Waals surface area contributed by atoms with Crippen molar-refractivity contribution in [1.82, 2.24) is 0 Å². The molecule has 32 heavy (non-hydrogen) atoms. The van der Waals surface area contributed by atoms with E-state index >= 15 is 0 Å². The lowest BCUT2D eigenvalue weighted by atomic mass is 9.97. The summed E-state index contributed by atoms with van der Waals surface area (Å²) < 4.78 is 0. The molecule has 2 amide bonds. The van der Waals surface area contributed by atoms with Gasteiger partial charge < -0.3 is 4.90 Å². The molecule has 1 fully saturated rings. The SMILES string of the molecule is CC(=Cc1ccccc1)C1C(=O)N(c2cccc(C)c2C)CC(=O)N1c1ccc(C)cc1. The fraction of sp³-hybridized carbons (Fsp3) is 0.214. The second kappa shape index (κ2) is 8.83. The van der Waals surface area contributed by atoms with Crippen LogP contribution in [0.1, 0.15) is 29.2 Å². The maximum absolute atomic E-state index is 13.9. The highest BCUT2D eigenvalue weighted by molar-refractivity contribution is 6.16. The second-order valence-corrected chi connectivity index (χ2v) is 8.44. The molecule has 0 aromatic heterocycles. The van der Waals surface area contributed by atoms with Crippen LogP contribution in [0.15, 0.2) is 78.4 Å². The third kappa shape index (κ3) is 4.09. The van der Waals surface area contributed by atoms with Crippen molar-refractivity contribution in [3.8, 4) is 0 Å². The van der Waals surface area contributed by atoms with E-state index in [-0.39, 0.29) is 18.4 Å². The lowest BCUT2D eigenvalue weighted by molar-refractivity contribution is -0.127. The maximum Gasteiger partial charge on any atom is 0.254 e. The summed E-state index contributed by atoms with van der Waals surface area (Å²) in [6, 6.07) is 22.8. The van der Waals surface area contributed by atoms with Crippen LogP contribution in [0.2, 0.25) is 0 Å². The molecular formula is C28H28N2O2. The Balaban J connectivity index is 1.82. The van der Waals surface area contributed by atoms with Crippen LogP contribution in [0.4, 0.5) is 11.4 Å². The Bertz CT molecular complexity index is 1180. The van der Waals surface area contributed by atoms with Gasteiger partial charge in [-0.2, -0.15) is 0 Å². The number of anilines is 2. The maximum atomic E-state index is 13.9. The van der Waals surface area contributed by atoms with Gasteiger partial charge in [-0.05, 0) is 68.2 Å². The Morgan fingerprint density at radius 1 is 0.875 bits per heavy atom. The van der Waals surface area contributed by atoms with Crippen LogP contribution < -0.4 is 9.80 Å². The average molecular weight is 425 g/mol. The number of nitrogens with zero attached hydrogens (tertiary/aromatic N) is 2. The van der Waals surface area contributed by atoms with E-state index in [9.17, 15) is 9.59 Å². The van der Waals surface area contributed by atoms with E-state index in [1.165, 1.54) is 0 Å². The van der Waals surface area contributed by atoms with Gasteiger partial charge in [0.15, 0.2) is 0 Å². The number of aryl methyl sites for hydroxylation is 2.